The Kier molecular flexibility index (Phi) is 6.07. The van der Waals surface area contributed by atoms with Crippen molar-refractivity contribution in [2.45, 2.75) is 63.5 Å². The van der Waals surface area contributed by atoms with E-state index in [0.29, 0.717) is 25.8 Å². The number of aryl methyl sites for hydroxylation is 2. The van der Waals surface area contributed by atoms with Crippen LogP contribution in [0.4, 0.5) is 0 Å². The fraction of sp³-hybridized carbons (Fsp3) is 0.480. The van der Waals surface area contributed by atoms with Crippen LogP contribution in [0.3, 0.4) is 0 Å². The molecule has 6 nitrogen and oxygen atoms in total. The van der Waals surface area contributed by atoms with Gasteiger partial charge in [-0.25, -0.2) is 8.42 Å². The Balaban J connectivity index is 1.50. The molecule has 1 N–H and O–H groups in total. The lowest BCUT2D eigenvalue weighted by atomic mass is 9.88. The SMILES string of the molecule is Cc1ccc(S(=O)(=O)N2CCC[C@@H](C(=O)N[C@@H]3CC(C)(C)Oc4cc(C)ccc43)C2)cc1. The van der Waals surface area contributed by atoms with Gasteiger partial charge in [-0.3, -0.25) is 4.79 Å². The van der Waals surface area contributed by atoms with Crippen LogP contribution in [0.2, 0.25) is 0 Å². The van der Waals surface area contributed by atoms with Crippen LogP contribution in [-0.4, -0.2) is 37.3 Å². The van der Waals surface area contributed by atoms with Gasteiger partial charge in [0, 0.05) is 25.1 Å². The summed E-state index contributed by atoms with van der Waals surface area (Å²) in [7, 11) is -3.62. The number of carbonyl (C=O) groups is 1. The third kappa shape index (κ3) is 4.69. The van der Waals surface area contributed by atoms with E-state index in [0.717, 1.165) is 22.4 Å². The molecule has 1 amide bonds. The van der Waals surface area contributed by atoms with Gasteiger partial charge in [-0.2, -0.15) is 4.31 Å². The normalized spacial score (nSPS) is 23.1. The van der Waals surface area contributed by atoms with Crippen LogP contribution in [-0.2, 0) is 14.8 Å². The molecule has 0 aromatic heterocycles. The third-order valence-corrected chi connectivity index (χ3v) is 8.24. The van der Waals surface area contributed by atoms with Crippen LogP contribution in [0.1, 0.15) is 55.8 Å². The minimum atomic E-state index is -3.62. The monoisotopic (exact) mass is 456 g/mol. The van der Waals surface area contributed by atoms with Crippen LogP contribution >= 0.6 is 0 Å². The highest BCUT2D eigenvalue weighted by Gasteiger charge is 2.38. The summed E-state index contributed by atoms with van der Waals surface area (Å²) in [6.45, 7) is 8.63. The second kappa shape index (κ2) is 8.52. The van der Waals surface area contributed by atoms with E-state index in [4.69, 9.17) is 4.74 Å². The molecule has 0 bridgehead atoms. The number of hydrogen-bond acceptors (Lipinski definition) is 4. The number of ether oxygens (including phenoxy) is 1. The summed E-state index contributed by atoms with van der Waals surface area (Å²) in [5.74, 6) is 0.339. The van der Waals surface area contributed by atoms with Gasteiger partial charge in [0.2, 0.25) is 15.9 Å². The number of sulfonamides is 1. The summed E-state index contributed by atoms with van der Waals surface area (Å²) in [5.41, 5.74) is 2.69. The number of piperidine rings is 1. The van der Waals surface area contributed by atoms with Gasteiger partial charge in [-0.05, 0) is 64.3 Å². The molecule has 0 unspecified atom stereocenters. The van der Waals surface area contributed by atoms with Crippen LogP contribution in [0.5, 0.6) is 5.75 Å². The van der Waals surface area contributed by atoms with Crippen LogP contribution in [0.25, 0.3) is 0 Å². The van der Waals surface area contributed by atoms with Crippen molar-refractivity contribution in [3.63, 3.8) is 0 Å². The van der Waals surface area contributed by atoms with Crippen LogP contribution in [0.15, 0.2) is 47.4 Å². The van der Waals surface area contributed by atoms with E-state index in [1.54, 1.807) is 24.3 Å². The number of hydrogen-bond donors (Lipinski definition) is 1. The first kappa shape index (κ1) is 22.8. The molecular weight excluding hydrogens is 424 g/mol. The second-order valence-corrected chi connectivity index (χ2v) is 11.6. The highest BCUT2D eigenvalue weighted by molar-refractivity contribution is 7.89. The Bertz CT molecular complexity index is 1110. The number of nitrogens with one attached hydrogen (secondary N) is 1. The zero-order valence-electron chi connectivity index (χ0n) is 19.2. The smallest absolute Gasteiger partial charge is 0.243 e. The summed E-state index contributed by atoms with van der Waals surface area (Å²) in [4.78, 5) is 13.5. The van der Waals surface area contributed by atoms with Crippen molar-refractivity contribution in [2.75, 3.05) is 13.1 Å². The Labute approximate surface area is 191 Å². The first-order valence-corrected chi connectivity index (χ1v) is 12.7. The lowest BCUT2D eigenvalue weighted by Crippen LogP contribution is -2.48. The topological polar surface area (TPSA) is 75.7 Å². The lowest BCUT2D eigenvalue weighted by Gasteiger charge is -2.39. The molecule has 2 aliphatic heterocycles. The molecule has 2 atom stereocenters. The molecule has 0 aliphatic carbocycles. The molecule has 1 saturated heterocycles. The third-order valence-electron chi connectivity index (χ3n) is 6.36. The fourth-order valence-corrected chi connectivity index (χ4v) is 6.13. The Morgan fingerprint density at radius 1 is 1.09 bits per heavy atom. The van der Waals surface area contributed by atoms with Gasteiger partial charge in [0.25, 0.3) is 0 Å². The van der Waals surface area contributed by atoms with Gasteiger partial charge < -0.3 is 10.1 Å². The molecule has 0 spiro atoms. The van der Waals surface area contributed by atoms with Crippen LogP contribution in [0, 0.1) is 19.8 Å². The van der Waals surface area contributed by atoms with E-state index in [9.17, 15) is 13.2 Å². The molecule has 0 saturated carbocycles. The number of fused-ring (bicyclic) bond motifs is 1. The van der Waals surface area contributed by atoms with Crippen molar-refractivity contribution in [2.24, 2.45) is 5.92 Å². The second-order valence-electron chi connectivity index (χ2n) is 9.68. The van der Waals surface area contributed by atoms with Crippen molar-refractivity contribution in [1.29, 1.82) is 0 Å². The average molecular weight is 457 g/mol. The number of carbonyl (C=O) groups excluding carboxylic acids is 1. The number of amides is 1. The van der Waals surface area contributed by atoms with E-state index in [2.05, 4.69) is 5.32 Å². The molecule has 172 valence electrons. The summed E-state index contributed by atoms with van der Waals surface area (Å²) < 4.78 is 33.8. The molecule has 32 heavy (non-hydrogen) atoms. The van der Waals surface area contributed by atoms with E-state index in [-0.39, 0.29) is 29.3 Å². The summed E-state index contributed by atoms with van der Waals surface area (Å²) in [6, 6.07) is 12.8. The lowest BCUT2D eigenvalue weighted by molar-refractivity contribution is -0.127. The highest BCUT2D eigenvalue weighted by atomic mass is 32.2. The van der Waals surface area contributed by atoms with E-state index < -0.39 is 15.6 Å². The summed E-state index contributed by atoms with van der Waals surface area (Å²) in [6.07, 6.45) is 2.00. The zero-order valence-corrected chi connectivity index (χ0v) is 20.0. The van der Waals surface area contributed by atoms with Crippen LogP contribution < -0.4 is 10.1 Å². The highest BCUT2D eigenvalue weighted by Crippen LogP contribution is 2.40. The Hall–Kier alpha value is -2.38. The van der Waals surface area contributed by atoms with Gasteiger partial charge in [0.05, 0.1) is 16.9 Å². The maximum atomic E-state index is 13.2. The minimum absolute atomic E-state index is 0.0944. The molecular formula is C25H32N2O4S. The first-order chi connectivity index (χ1) is 15.0. The molecule has 7 heteroatoms. The van der Waals surface area contributed by atoms with Gasteiger partial charge in [-0.1, -0.05) is 29.8 Å². The standard InChI is InChI=1S/C25H32N2O4S/c1-17-7-10-20(11-8-17)32(29,30)27-13-5-6-19(16-27)24(28)26-22-15-25(3,4)31-23-14-18(2)9-12-21(22)23/h7-12,14,19,22H,5-6,13,15-16H2,1-4H3,(H,26,28)/t19-,22-/m1/s1. The van der Waals surface area contributed by atoms with E-state index in [1.807, 2.05) is 45.9 Å². The predicted octanol–water partition coefficient (Wildman–Crippen LogP) is 4.12. The predicted molar refractivity (Wildman–Crippen MR) is 124 cm³/mol. The van der Waals surface area contributed by atoms with Crippen molar-refractivity contribution < 1.29 is 17.9 Å². The molecule has 0 radical (unpaired) electrons. The maximum absolute atomic E-state index is 13.2. The number of benzene rings is 2. The minimum Gasteiger partial charge on any atom is -0.487 e. The maximum Gasteiger partial charge on any atom is 0.243 e. The van der Waals surface area contributed by atoms with Crippen molar-refractivity contribution in [1.82, 2.24) is 9.62 Å². The summed E-state index contributed by atoms with van der Waals surface area (Å²) in [5, 5.41) is 3.20. The molecule has 2 aromatic rings. The summed E-state index contributed by atoms with van der Waals surface area (Å²) >= 11 is 0. The molecule has 2 aromatic carbocycles. The van der Waals surface area contributed by atoms with Crippen molar-refractivity contribution in [3.05, 3.63) is 59.2 Å². The van der Waals surface area contributed by atoms with Gasteiger partial charge in [0.1, 0.15) is 11.4 Å². The fourth-order valence-electron chi connectivity index (χ4n) is 4.61. The number of rotatable bonds is 4. The van der Waals surface area contributed by atoms with E-state index in [1.165, 1.54) is 4.31 Å². The first-order valence-electron chi connectivity index (χ1n) is 11.2. The molecule has 4 rings (SSSR count). The largest absolute Gasteiger partial charge is 0.487 e. The van der Waals surface area contributed by atoms with Crippen molar-refractivity contribution >= 4 is 15.9 Å². The zero-order chi connectivity index (χ0) is 23.1. The Morgan fingerprint density at radius 3 is 2.50 bits per heavy atom. The van der Waals surface area contributed by atoms with E-state index >= 15 is 0 Å². The van der Waals surface area contributed by atoms with Gasteiger partial charge in [0.15, 0.2) is 0 Å². The molecule has 1 fully saturated rings. The molecule has 2 aliphatic rings. The van der Waals surface area contributed by atoms with Crippen molar-refractivity contribution in [3.8, 4) is 5.75 Å². The number of nitrogens with zero attached hydrogens (tertiary/aromatic N) is 1. The molecule has 2 heterocycles. The van der Waals surface area contributed by atoms with Gasteiger partial charge in [-0.15, -0.1) is 0 Å². The van der Waals surface area contributed by atoms with Gasteiger partial charge >= 0.3 is 0 Å². The average Bonchev–Trinajstić information content (AvgIpc) is 2.73. The quantitative estimate of drug-likeness (QED) is 0.751. The Morgan fingerprint density at radius 2 is 1.78 bits per heavy atom.